The van der Waals surface area contributed by atoms with Crippen molar-refractivity contribution in [2.75, 3.05) is 7.11 Å². The first-order chi connectivity index (χ1) is 10.1. The number of carbonyl (C=O) groups is 1. The summed E-state index contributed by atoms with van der Waals surface area (Å²) in [6.07, 6.45) is 8.54. The molecule has 1 atom stereocenters. The van der Waals surface area contributed by atoms with Crippen molar-refractivity contribution in [1.29, 1.82) is 0 Å². The van der Waals surface area contributed by atoms with Crippen LogP contribution in [0.3, 0.4) is 0 Å². The highest BCUT2D eigenvalue weighted by Gasteiger charge is 2.33. The summed E-state index contributed by atoms with van der Waals surface area (Å²) < 4.78 is 11.0. The number of carbonyl (C=O) groups excluding carboxylic acids is 1. The minimum atomic E-state index is -0.372. The second-order valence-corrected chi connectivity index (χ2v) is 6.08. The van der Waals surface area contributed by atoms with Gasteiger partial charge in [0.25, 0.3) is 0 Å². The Morgan fingerprint density at radius 1 is 1.14 bits per heavy atom. The van der Waals surface area contributed by atoms with Gasteiger partial charge in [0.05, 0.1) is 5.41 Å². The molecule has 1 saturated carbocycles. The molecule has 126 valence electrons. The Kier molecular flexibility index (Phi) is 10.8. The summed E-state index contributed by atoms with van der Waals surface area (Å²) >= 11 is 0. The van der Waals surface area contributed by atoms with Gasteiger partial charge in [-0.05, 0) is 25.7 Å². The third-order valence-corrected chi connectivity index (χ3v) is 4.81. The molecule has 0 amide bonds. The number of esters is 1. The molecule has 0 N–H and O–H groups in total. The van der Waals surface area contributed by atoms with Crippen molar-refractivity contribution >= 4 is 5.97 Å². The van der Waals surface area contributed by atoms with Crippen molar-refractivity contribution in [3.05, 3.63) is 0 Å². The summed E-state index contributed by atoms with van der Waals surface area (Å²) in [5.74, 6) is 0.543. The van der Waals surface area contributed by atoms with Gasteiger partial charge in [0.15, 0.2) is 0 Å². The second-order valence-electron chi connectivity index (χ2n) is 6.08. The molecule has 0 aromatic carbocycles. The summed E-state index contributed by atoms with van der Waals surface area (Å²) in [5.41, 5.74) is -0.372. The summed E-state index contributed by atoms with van der Waals surface area (Å²) in [7, 11) is 1.63. The van der Waals surface area contributed by atoms with Crippen LogP contribution in [0.5, 0.6) is 0 Å². The Balaban J connectivity index is 0.00000191. The van der Waals surface area contributed by atoms with E-state index in [-0.39, 0.29) is 17.7 Å². The maximum atomic E-state index is 12.2. The van der Waals surface area contributed by atoms with Crippen molar-refractivity contribution in [3.63, 3.8) is 0 Å². The smallest absolute Gasteiger partial charge is 0.314 e. The molecule has 1 aliphatic rings. The van der Waals surface area contributed by atoms with Gasteiger partial charge in [-0.25, -0.2) is 0 Å². The number of rotatable bonds is 7. The summed E-state index contributed by atoms with van der Waals surface area (Å²) in [4.78, 5) is 12.2. The number of methoxy groups -OCH3 is 1. The molecule has 1 unspecified atom stereocenters. The number of hydrogen-bond acceptors (Lipinski definition) is 3. The lowest BCUT2D eigenvalue weighted by Gasteiger charge is -2.29. The molecule has 1 aliphatic carbocycles. The zero-order chi connectivity index (χ0) is 16.3. The molecule has 0 heterocycles. The highest BCUT2D eigenvalue weighted by Crippen LogP contribution is 2.31. The SMILES string of the molecule is CC.CCC(C)(CC)C(=O)OC(CC1CCCCC1)OC. The van der Waals surface area contributed by atoms with E-state index in [4.69, 9.17) is 9.47 Å². The molecule has 0 aromatic rings. The van der Waals surface area contributed by atoms with E-state index in [0.29, 0.717) is 5.92 Å². The van der Waals surface area contributed by atoms with E-state index in [2.05, 4.69) is 0 Å². The maximum absolute atomic E-state index is 12.2. The fourth-order valence-electron chi connectivity index (χ4n) is 2.69. The lowest BCUT2D eigenvalue weighted by atomic mass is 9.84. The van der Waals surface area contributed by atoms with Crippen LogP contribution < -0.4 is 0 Å². The Morgan fingerprint density at radius 2 is 1.67 bits per heavy atom. The van der Waals surface area contributed by atoms with Crippen LogP contribution in [0.25, 0.3) is 0 Å². The Hall–Kier alpha value is -0.570. The zero-order valence-corrected chi connectivity index (χ0v) is 15.0. The van der Waals surface area contributed by atoms with Crippen LogP contribution in [-0.4, -0.2) is 19.4 Å². The summed E-state index contributed by atoms with van der Waals surface area (Å²) in [6, 6.07) is 0. The van der Waals surface area contributed by atoms with E-state index in [1.807, 2.05) is 34.6 Å². The standard InChI is InChI=1S/C16H30O3.C2H6/c1-5-16(3,6-2)15(17)19-14(18-4)12-13-10-8-7-9-11-13;1-2/h13-14H,5-12H2,1-4H3;1-2H3. The van der Waals surface area contributed by atoms with Gasteiger partial charge in [-0.1, -0.05) is 59.8 Å². The van der Waals surface area contributed by atoms with Crippen LogP contribution in [0.15, 0.2) is 0 Å². The molecule has 0 aromatic heterocycles. The van der Waals surface area contributed by atoms with Crippen molar-refractivity contribution < 1.29 is 14.3 Å². The monoisotopic (exact) mass is 300 g/mol. The first-order valence-electron chi connectivity index (χ1n) is 8.79. The molecule has 0 radical (unpaired) electrons. The first-order valence-corrected chi connectivity index (χ1v) is 8.79. The molecule has 1 rings (SSSR count). The zero-order valence-electron chi connectivity index (χ0n) is 15.0. The third-order valence-electron chi connectivity index (χ3n) is 4.81. The third kappa shape index (κ3) is 6.82. The highest BCUT2D eigenvalue weighted by molar-refractivity contribution is 5.76. The van der Waals surface area contributed by atoms with Crippen molar-refractivity contribution in [2.45, 2.75) is 92.3 Å². The highest BCUT2D eigenvalue weighted by atomic mass is 16.7. The van der Waals surface area contributed by atoms with E-state index in [1.54, 1.807) is 7.11 Å². The number of ether oxygens (including phenoxy) is 2. The molecule has 21 heavy (non-hydrogen) atoms. The molecule has 3 nitrogen and oxygen atoms in total. The summed E-state index contributed by atoms with van der Waals surface area (Å²) in [5, 5.41) is 0. The van der Waals surface area contributed by atoms with Gasteiger partial charge in [-0.15, -0.1) is 0 Å². The molecule has 0 spiro atoms. The molecule has 0 saturated heterocycles. The van der Waals surface area contributed by atoms with Gasteiger partial charge in [-0.2, -0.15) is 0 Å². The fourth-order valence-corrected chi connectivity index (χ4v) is 2.69. The minimum Gasteiger partial charge on any atom is -0.435 e. The Morgan fingerprint density at radius 3 is 2.10 bits per heavy atom. The average molecular weight is 300 g/mol. The predicted octanol–water partition coefficient (Wildman–Crippen LogP) is 5.33. The molecule has 0 aliphatic heterocycles. The molecule has 3 heteroatoms. The van der Waals surface area contributed by atoms with Crippen molar-refractivity contribution in [2.24, 2.45) is 11.3 Å². The van der Waals surface area contributed by atoms with E-state index in [0.717, 1.165) is 19.3 Å². The van der Waals surface area contributed by atoms with Crippen molar-refractivity contribution in [1.82, 2.24) is 0 Å². The Labute approximate surface area is 131 Å². The molecule has 0 bridgehead atoms. The van der Waals surface area contributed by atoms with Crippen LogP contribution in [0.4, 0.5) is 0 Å². The average Bonchev–Trinajstić information content (AvgIpc) is 2.56. The van der Waals surface area contributed by atoms with Gasteiger partial charge >= 0.3 is 5.97 Å². The normalized spacial score (nSPS) is 17.6. The largest absolute Gasteiger partial charge is 0.435 e. The van der Waals surface area contributed by atoms with Crippen LogP contribution in [0.1, 0.15) is 86.0 Å². The molecular formula is C18H36O3. The summed E-state index contributed by atoms with van der Waals surface area (Å²) in [6.45, 7) is 10.0. The molecule has 1 fully saturated rings. The maximum Gasteiger partial charge on any atom is 0.314 e. The lowest BCUT2D eigenvalue weighted by Crippen LogP contribution is -2.33. The lowest BCUT2D eigenvalue weighted by molar-refractivity contribution is -0.188. The predicted molar refractivity (Wildman–Crippen MR) is 88.1 cm³/mol. The van der Waals surface area contributed by atoms with Gasteiger partial charge in [0.1, 0.15) is 0 Å². The van der Waals surface area contributed by atoms with Gasteiger partial charge in [0, 0.05) is 13.5 Å². The topological polar surface area (TPSA) is 35.5 Å². The van der Waals surface area contributed by atoms with Gasteiger partial charge in [-0.3, -0.25) is 4.79 Å². The van der Waals surface area contributed by atoms with Gasteiger partial charge in [0.2, 0.25) is 6.29 Å². The van der Waals surface area contributed by atoms with Crippen LogP contribution in [-0.2, 0) is 14.3 Å². The second kappa shape index (κ2) is 11.1. The molecular weight excluding hydrogens is 264 g/mol. The first kappa shape index (κ1) is 20.4. The van der Waals surface area contributed by atoms with E-state index in [1.165, 1.54) is 32.1 Å². The minimum absolute atomic E-state index is 0.111. The van der Waals surface area contributed by atoms with Crippen molar-refractivity contribution in [3.8, 4) is 0 Å². The van der Waals surface area contributed by atoms with E-state index in [9.17, 15) is 4.79 Å². The van der Waals surface area contributed by atoms with Gasteiger partial charge < -0.3 is 9.47 Å². The van der Waals surface area contributed by atoms with Crippen LogP contribution in [0.2, 0.25) is 0 Å². The fraction of sp³-hybridized carbons (Fsp3) is 0.944. The van der Waals surface area contributed by atoms with E-state index >= 15 is 0 Å². The quantitative estimate of drug-likeness (QED) is 0.471. The van der Waals surface area contributed by atoms with E-state index < -0.39 is 0 Å². The van der Waals surface area contributed by atoms with Crippen LogP contribution >= 0.6 is 0 Å². The number of hydrogen-bond donors (Lipinski definition) is 0. The Bertz CT molecular complexity index is 266. The van der Waals surface area contributed by atoms with Crippen LogP contribution in [0, 0.1) is 11.3 Å².